The number of hydrogen-bond donors (Lipinski definition) is 0. The van der Waals surface area contributed by atoms with Gasteiger partial charge < -0.3 is 9.64 Å². The van der Waals surface area contributed by atoms with Gasteiger partial charge in [-0.15, -0.1) is 11.3 Å². The number of carbonyl (C=O) groups is 2. The molecule has 6 heteroatoms. The van der Waals surface area contributed by atoms with Gasteiger partial charge in [-0.1, -0.05) is 0 Å². The van der Waals surface area contributed by atoms with Gasteiger partial charge in [-0.05, 0) is 13.3 Å². The molecule has 0 unspecified atom stereocenters. The fraction of sp³-hybridized carbons (Fsp3) is 0.545. The Bertz CT molecular complexity index is 403. The summed E-state index contributed by atoms with van der Waals surface area (Å²) in [5, 5.41) is 2.62. The van der Waals surface area contributed by atoms with E-state index in [1.54, 1.807) is 17.3 Å². The zero-order chi connectivity index (χ0) is 12.8. The number of carbonyl (C=O) groups excluding carboxylic acids is 2. The molecule has 1 heterocycles. The molecule has 0 N–H and O–H groups in total. The van der Waals surface area contributed by atoms with Crippen LogP contribution in [0.3, 0.4) is 0 Å². The summed E-state index contributed by atoms with van der Waals surface area (Å²) in [6, 6.07) is 0. The zero-order valence-electron chi connectivity index (χ0n) is 10.2. The van der Waals surface area contributed by atoms with Gasteiger partial charge in [0.05, 0.1) is 12.1 Å². The van der Waals surface area contributed by atoms with Gasteiger partial charge in [0.2, 0.25) is 0 Å². The molecule has 1 aromatic heterocycles. The summed E-state index contributed by atoms with van der Waals surface area (Å²) in [6.07, 6.45) is 0.919. The monoisotopic (exact) mass is 256 g/mol. The highest BCUT2D eigenvalue weighted by atomic mass is 32.1. The third-order valence-electron chi connectivity index (χ3n) is 2.29. The number of methoxy groups -OCH3 is 1. The Morgan fingerprint density at radius 1 is 1.53 bits per heavy atom. The SMILES string of the molecule is COC(=O)CCCN(C)C(=O)c1csc(C)n1. The molecule has 0 fully saturated rings. The predicted molar refractivity (Wildman–Crippen MR) is 65.1 cm³/mol. The molecule has 17 heavy (non-hydrogen) atoms. The number of hydrogen-bond acceptors (Lipinski definition) is 5. The maximum Gasteiger partial charge on any atom is 0.305 e. The average molecular weight is 256 g/mol. The molecule has 0 aliphatic rings. The van der Waals surface area contributed by atoms with Crippen LogP contribution in [0.5, 0.6) is 0 Å². The second-order valence-corrected chi connectivity index (χ2v) is 4.72. The van der Waals surface area contributed by atoms with E-state index in [9.17, 15) is 9.59 Å². The van der Waals surface area contributed by atoms with E-state index in [1.807, 2.05) is 6.92 Å². The van der Waals surface area contributed by atoms with Crippen molar-refractivity contribution in [3.05, 3.63) is 16.1 Å². The van der Waals surface area contributed by atoms with Crippen LogP contribution in [-0.2, 0) is 9.53 Å². The average Bonchev–Trinajstić information content (AvgIpc) is 2.74. The van der Waals surface area contributed by atoms with Crippen LogP contribution in [0.2, 0.25) is 0 Å². The second-order valence-electron chi connectivity index (χ2n) is 3.66. The van der Waals surface area contributed by atoms with Crippen LogP contribution in [0.15, 0.2) is 5.38 Å². The van der Waals surface area contributed by atoms with Gasteiger partial charge in [0.15, 0.2) is 0 Å². The highest BCUT2D eigenvalue weighted by Crippen LogP contribution is 2.10. The molecular weight excluding hydrogens is 240 g/mol. The molecule has 0 atom stereocenters. The number of aryl methyl sites for hydroxylation is 1. The molecule has 1 aromatic rings. The van der Waals surface area contributed by atoms with Crippen LogP contribution in [0, 0.1) is 6.92 Å². The zero-order valence-corrected chi connectivity index (χ0v) is 11.0. The van der Waals surface area contributed by atoms with E-state index in [4.69, 9.17) is 0 Å². The molecule has 0 spiro atoms. The first-order valence-electron chi connectivity index (χ1n) is 5.29. The minimum Gasteiger partial charge on any atom is -0.469 e. The number of esters is 1. The summed E-state index contributed by atoms with van der Waals surface area (Å²) < 4.78 is 4.53. The van der Waals surface area contributed by atoms with Crippen molar-refractivity contribution in [1.82, 2.24) is 9.88 Å². The lowest BCUT2D eigenvalue weighted by Crippen LogP contribution is -2.28. The first-order chi connectivity index (χ1) is 8.04. The van der Waals surface area contributed by atoms with Gasteiger partial charge in [0.25, 0.3) is 5.91 Å². The quantitative estimate of drug-likeness (QED) is 0.749. The molecule has 0 radical (unpaired) electrons. The van der Waals surface area contributed by atoms with Crippen molar-refractivity contribution >= 4 is 23.2 Å². The third-order valence-corrected chi connectivity index (χ3v) is 3.06. The van der Waals surface area contributed by atoms with Gasteiger partial charge >= 0.3 is 5.97 Å². The van der Waals surface area contributed by atoms with Crippen molar-refractivity contribution in [2.24, 2.45) is 0 Å². The molecule has 0 saturated heterocycles. The van der Waals surface area contributed by atoms with Crippen LogP contribution in [-0.4, -0.2) is 42.5 Å². The standard InChI is InChI=1S/C11H16N2O3S/c1-8-12-9(7-17-8)11(15)13(2)6-4-5-10(14)16-3/h7H,4-6H2,1-3H3. The Morgan fingerprint density at radius 3 is 2.76 bits per heavy atom. The lowest BCUT2D eigenvalue weighted by Gasteiger charge is -2.15. The van der Waals surface area contributed by atoms with Gasteiger partial charge in [-0.3, -0.25) is 9.59 Å². The first kappa shape index (κ1) is 13.6. The predicted octanol–water partition coefficient (Wildman–Crippen LogP) is 1.48. The molecule has 0 saturated carbocycles. The lowest BCUT2D eigenvalue weighted by atomic mass is 10.3. The van der Waals surface area contributed by atoms with E-state index < -0.39 is 0 Å². The molecule has 0 bridgehead atoms. The summed E-state index contributed by atoms with van der Waals surface area (Å²) in [4.78, 5) is 28.5. The van der Waals surface area contributed by atoms with Gasteiger partial charge in [-0.2, -0.15) is 0 Å². The van der Waals surface area contributed by atoms with Crippen molar-refractivity contribution in [2.75, 3.05) is 20.7 Å². The maximum atomic E-state index is 11.9. The largest absolute Gasteiger partial charge is 0.469 e. The fourth-order valence-corrected chi connectivity index (χ4v) is 1.91. The fourth-order valence-electron chi connectivity index (χ4n) is 1.32. The topological polar surface area (TPSA) is 59.5 Å². The van der Waals surface area contributed by atoms with Gasteiger partial charge in [-0.25, -0.2) is 4.98 Å². The Balaban J connectivity index is 2.40. The number of ether oxygens (including phenoxy) is 1. The summed E-state index contributed by atoms with van der Waals surface area (Å²) >= 11 is 1.45. The Labute approximate surface area is 104 Å². The van der Waals surface area contributed by atoms with Crippen LogP contribution in [0.1, 0.15) is 28.3 Å². The molecule has 0 aliphatic heterocycles. The smallest absolute Gasteiger partial charge is 0.305 e. The van der Waals surface area contributed by atoms with E-state index in [-0.39, 0.29) is 11.9 Å². The van der Waals surface area contributed by atoms with Crippen LogP contribution >= 0.6 is 11.3 Å². The molecular formula is C11H16N2O3S. The molecule has 0 aliphatic carbocycles. The summed E-state index contributed by atoms with van der Waals surface area (Å²) in [5.74, 6) is -0.366. The van der Waals surface area contributed by atoms with Crippen molar-refractivity contribution in [3.63, 3.8) is 0 Å². The van der Waals surface area contributed by atoms with Crippen molar-refractivity contribution in [3.8, 4) is 0 Å². The van der Waals surface area contributed by atoms with Crippen LogP contribution in [0.25, 0.3) is 0 Å². The van der Waals surface area contributed by atoms with Crippen LogP contribution in [0.4, 0.5) is 0 Å². The second kappa shape index (κ2) is 6.34. The van der Waals surface area contributed by atoms with Crippen molar-refractivity contribution in [1.29, 1.82) is 0 Å². The lowest BCUT2D eigenvalue weighted by molar-refractivity contribution is -0.140. The number of amides is 1. The molecule has 1 rings (SSSR count). The van der Waals surface area contributed by atoms with Crippen molar-refractivity contribution in [2.45, 2.75) is 19.8 Å². The minimum atomic E-state index is -0.254. The highest BCUT2D eigenvalue weighted by Gasteiger charge is 2.14. The van der Waals surface area contributed by atoms with E-state index in [2.05, 4.69) is 9.72 Å². The Hall–Kier alpha value is -1.43. The number of rotatable bonds is 5. The first-order valence-corrected chi connectivity index (χ1v) is 6.17. The number of aromatic nitrogens is 1. The van der Waals surface area contributed by atoms with Gasteiger partial charge in [0.1, 0.15) is 5.69 Å². The van der Waals surface area contributed by atoms with E-state index in [0.29, 0.717) is 25.1 Å². The van der Waals surface area contributed by atoms with E-state index in [1.165, 1.54) is 18.4 Å². The normalized spacial score (nSPS) is 10.1. The Morgan fingerprint density at radius 2 is 2.24 bits per heavy atom. The minimum absolute atomic E-state index is 0.112. The summed E-state index contributed by atoms with van der Waals surface area (Å²) in [6.45, 7) is 2.38. The van der Waals surface area contributed by atoms with Crippen molar-refractivity contribution < 1.29 is 14.3 Å². The third kappa shape index (κ3) is 4.14. The van der Waals surface area contributed by atoms with Crippen LogP contribution < -0.4 is 0 Å². The molecule has 0 aromatic carbocycles. The van der Waals surface area contributed by atoms with Gasteiger partial charge in [0, 0.05) is 25.4 Å². The maximum absolute atomic E-state index is 11.9. The highest BCUT2D eigenvalue weighted by molar-refractivity contribution is 7.09. The Kier molecular flexibility index (Phi) is 5.09. The number of nitrogens with zero attached hydrogens (tertiary/aromatic N) is 2. The molecule has 1 amide bonds. The summed E-state index contributed by atoms with van der Waals surface area (Å²) in [7, 11) is 3.06. The molecule has 94 valence electrons. The number of thiazole rings is 1. The van der Waals surface area contributed by atoms with E-state index >= 15 is 0 Å². The summed E-state index contributed by atoms with van der Waals surface area (Å²) in [5.41, 5.74) is 0.466. The van der Waals surface area contributed by atoms with E-state index in [0.717, 1.165) is 5.01 Å². The molecule has 5 nitrogen and oxygen atoms in total.